The molecule has 0 atom stereocenters. The number of hydrogen-bond acceptors (Lipinski definition) is 2. The molecule has 0 aliphatic heterocycles. The van der Waals surface area contributed by atoms with E-state index in [1.165, 1.54) is 16.5 Å². The normalized spacial score (nSPS) is 11.5. The van der Waals surface area contributed by atoms with E-state index in [0.29, 0.717) is 0 Å². The fourth-order valence-corrected chi connectivity index (χ4v) is 2.05. The molecule has 1 aromatic carbocycles. The minimum Gasteiger partial charge on any atom is -0.361 e. The van der Waals surface area contributed by atoms with Crippen LogP contribution in [-0.4, -0.2) is 30.0 Å². The lowest BCUT2D eigenvalue weighted by atomic mass is 10.1. The maximum atomic E-state index is 4.39. The number of aromatic nitrogens is 1. The van der Waals surface area contributed by atoms with Crippen LogP contribution in [0.5, 0.6) is 0 Å². The number of hydrogen-bond donors (Lipinski definition) is 2. The van der Waals surface area contributed by atoms with E-state index in [1.54, 1.807) is 0 Å². The fraction of sp³-hybridized carbons (Fsp3) is 0.385. The average Bonchev–Trinajstić information content (AvgIpc) is 2.68. The molecule has 0 fully saturated rings. The van der Waals surface area contributed by atoms with Crippen molar-refractivity contribution >= 4 is 23.5 Å². The van der Waals surface area contributed by atoms with Crippen molar-refractivity contribution in [2.75, 3.05) is 20.1 Å². The number of likely N-dealkylation sites (N-methyl/N-ethyl adjacent to an activating group) is 1. The first-order chi connectivity index (χ1) is 7.70. The van der Waals surface area contributed by atoms with Crippen LogP contribution in [0.2, 0.25) is 0 Å². The van der Waals surface area contributed by atoms with E-state index in [4.69, 9.17) is 0 Å². The van der Waals surface area contributed by atoms with Crippen molar-refractivity contribution in [2.24, 2.45) is 0 Å². The van der Waals surface area contributed by atoms with Crippen molar-refractivity contribution in [3.63, 3.8) is 0 Å². The van der Waals surface area contributed by atoms with Gasteiger partial charge in [-0.3, -0.25) is 0 Å². The van der Waals surface area contributed by atoms with Crippen molar-refractivity contribution in [1.82, 2.24) is 9.88 Å². The predicted octanol–water partition coefficient (Wildman–Crippen LogP) is 2.95. The summed E-state index contributed by atoms with van der Waals surface area (Å²) >= 11 is 4.39. The molecule has 1 N–H and O–H groups in total. The largest absolute Gasteiger partial charge is 0.361 e. The maximum absolute atomic E-state index is 4.39. The first kappa shape index (κ1) is 11.6. The molecule has 1 heterocycles. The quantitative estimate of drug-likeness (QED) is 0.779. The molecule has 1 aromatic heterocycles. The Bertz CT molecular complexity index is 476. The van der Waals surface area contributed by atoms with Crippen molar-refractivity contribution in [3.8, 4) is 0 Å². The van der Waals surface area contributed by atoms with E-state index in [-0.39, 0.29) is 0 Å². The third-order valence-electron chi connectivity index (χ3n) is 3.05. The van der Waals surface area contributed by atoms with Crippen LogP contribution < -0.4 is 0 Å². The van der Waals surface area contributed by atoms with Crippen LogP contribution >= 0.6 is 12.6 Å². The molecule has 0 aliphatic carbocycles. The molecule has 2 aromatic rings. The molecule has 0 unspecified atom stereocenters. The standard InChI is InChI=1S/C13H18N2S/c1-3-15(2)7-6-10-9-14-13-5-4-11(16)8-12(10)13/h4-5,8-9,14,16H,3,6-7H2,1-2H3. The molecule has 16 heavy (non-hydrogen) atoms. The first-order valence-electron chi connectivity index (χ1n) is 5.68. The van der Waals surface area contributed by atoms with Gasteiger partial charge >= 0.3 is 0 Å². The summed E-state index contributed by atoms with van der Waals surface area (Å²) < 4.78 is 0. The van der Waals surface area contributed by atoms with Crippen LogP contribution in [0, 0.1) is 0 Å². The van der Waals surface area contributed by atoms with Crippen molar-refractivity contribution in [2.45, 2.75) is 18.2 Å². The second-order valence-electron chi connectivity index (χ2n) is 4.19. The zero-order valence-corrected chi connectivity index (χ0v) is 10.7. The molecular formula is C13H18N2S. The summed E-state index contributed by atoms with van der Waals surface area (Å²) in [5, 5.41) is 1.30. The van der Waals surface area contributed by atoms with Gasteiger partial charge in [0, 0.05) is 28.5 Å². The second kappa shape index (κ2) is 4.93. The van der Waals surface area contributed by atoms with Gasteiger partial charge in [0.1, 0.15) is 0 Å². The summed E-state index contributed by atoms with van der Waals surface area (Å²) in [5.74, 6) is 0. The lowest BCUT2D eigenvalue weighted by Crippen LogP contribution is -2.20. The van der Waals surface area contributed by atoms with Gasteiger partial charge in [0.2, 0.25) is 0 Å². The summed E-state index contributed by atoms with van der Waals surface area (Å²) in [6.07, 6.45) is 3.20. The number of nitrogens with one attached hydrogen (secondary N) is 1. The third-order valence-corrected chi connectivity index (χ3v) is 3.33. The monoisotopic (exact) mass is 234 g/mol. The lowest BCUT2D eigenvalue weighted by Gasteiger charge is -2.12. The van der Waals surface area contributed by atoms with E-state index < -0.39 is 0 Å². The summed E-state index contributed by atoms with van der Waals surface area (Å²) in [4.78, 5) is 6.65. The highest BCUT2D eigenvalue weighted by atomic mass is 32.1. The molecule has 0 radical (unpaired) electrons. The number of rotatable bonds is 4. The van der Waals surface area contributed by atoms with Gasteiger partial charge in [-0.05, 0) is 43.8 Å². The maximum Gasteiger partial charge on any atom is 0.0457 e. The molecule has 0 amide bonds. The highest BCUT2D eigenvalue weighted by Gasteiger charge is 2.04. The van der Waals surface area contributed by atoms with E-state index in [9.17, 15) is 0 Å². The van der Waals surface area contributed by atoms with Gasteiger partial charge in [-0.25, -0.2) is 0 Å². The number of fused-ring (bicyclic) bond motifs is 1. The molecular weight excluding hydrogens is 216 g/mol. The highest BCUT2D eigenvalue weighted by Crippen LogP contribution is 2.21. The summed E-state index contributed by atoms with van der Waals surface area (Å²) in [7, 11) is 2.15. The topological polar surface area (TPSA) is 19.0 Å². The Balaban J connectivity index is 2.21. The van der Waals surface area contributed by atoms with E-state index >= 15 is 0 Å². The molecule has 0 saturated heterocycles. The van der Waals surface area contributed by atoms with Crippen molar-refractivity contribution < 1.29 is 0 Å². The highest BCUT2D eigenvalue weighted by molar-refractivity contribution is 7.80. The Morgan fingerprint density at radius 3 is 2.94 bits per heavy atom. The van der Waals surface area contributed by atoms with E-state index in [2.05, 4.69) is 54.8 Å². The van der Waals surface area contributed by atoms with Gasteiger partial charge in [-0.1, -0.05) is 6.92 Å². The summed E-state index contributed by atoms with van der Waals surface area (Å²) in [6, 6.07) is 6.24. The number of thiol groups is 1. The molecule has 0 bridgehead atoms. The molecule has 0 saturated carbocycles. The predicted molar refractivity (Wildman–Crippen MR) is 72.4 cm³/mol. The van der Waals surface area contributed by atoms with Crippen LogP contribution in [0.15, 0.2) is 29.3 Å². The Morgan fingerprint density at radius 2 is 2.19 bits per heavy atom. The molecule has 3 heteroatoms. The van der Waals surface area contributed by atoms with Gasteiger partial charge in [0.05, 0.1) is 0 Å². The minimum absolute atomic E-state index is 1.03. The SMILES string of the molecule is CCN(C)CCc1c[nH]c2ccc(S)cc12. The van der Waals surface area contributed by atoms with Gasteiger partial charge < -0.3 is 9.88 Å². The smallest absolute Gasteiger partial charge is 0.0457 e. The fourth-order valence-electron chi connectivity index (χ4n) is 1.84. The second-order valence-corrected chi connectivity index (χ2v) is 4.71. The molecule has 0 aliphatic rings. The zero-order chi connectivity index (χ0) is 11.5. The van der Waals surface area contributed by atoms with Gasteiger partial charge in [0.15, 0.2) is 0 Å². The van der Waals surface area contributed by atoms with Gasteiger partial charge in [-0.2, -0.15) is 0 Å². The van der Waals surface area contributed by atoms with Crippen LogP contribution in [0.1, 0.15) is 12.5 Å². The van der Waals surface area contributed by atoms with Crippen molar-refractivity contribution in [1.29, 1.82) is 0 Å². The Labute approximate surface area is 102 Å². The van der Waals surface area contributed by atoms with Crippen LogP contribution in [0.3, 0.4) is 0 Å². The molecule has 86 valence electrons. The Morgan fingerprint density at radius 1 is 1.38 bits per heavy atom. The zero-order valence-electron chi connectivity index (χ0n) is 9.83. The minimum atomic E-state index is 1.03. The first-order valence-corrected chi connectivity index (χ1v) is 6.13. The van der Waals surface area contributed by atoms with Crippen LogP contribution in [0.4, 0.5) is 0 Å². The van der Waals surface area contributed by atoms with Crippen molar-refractivity contribution in [3.05, 3.63) is 30.0 Å². The Kier molecular flexibility index (Phi) is 3.56. The Hall–Kier alpha value is -0.930. The number of nitrogens with zero attached hydrogens (tertiary/aromatic N) is 1. The third kappa shape index (κ3) is 2.42. The molecule has 0 spiro atoms. The molecule has 2 nitrogen and oxygen atoms in total. The van der Waals surface area contributed by atoms with E-state index in [1.807, 2.05) is 6.07 Å². The lowest BCUT2D eigenvalue weighted by molar-refractivity contribution is 0.358. The number of benzene rings is 1. The van der Waals surface area contributed by atoms with Gasteiger partial charge in [0.25, 0.3) is 0 Å². The van der Waals surface area contributed by atoms with Crippen LogP contribution in [0.25, 0.3) is 10.9 Å². The summed E-state index contributed by atoms with van der Waals surface area (Å²) in [5.41, 5.74) is 2.58. The summed E-state index contributed by atoms with van der Waals surface area (Å²) in [6.45, 7) is 4.38. The number of H-pyrrole nitrogens is 1. The number of aromatic amines is 1. The molecule has 2 rings (SSSR count). The van der Waals surface area contributed by atoms with E-state index in [0.717, 1.165) is 24.4 Å². The van der Waals surface area contributed by atoms with Gasteiger partial charge in [-0.15, -0.1) is 12.6 Å². The average molecular weight is 234 g/mol. The van der Waals surface area contributed by atoms with Crippen LogP contribution in [-0.2, 0) is 6.42 Å².